The van der Waals surface area contributed by atoms with E-state index in [4.69, 9.17) is 5.11 Å². The Kier molecular flexibility index (Phi) is 4.69. The van der Waals surface area contributed by atoms with Crippen LogP contribution in [-0.2, 0) is 11.2 Å². The smallest absolute Gasteiger partial charge is 0.492 e. The fraction of sp³-hybridized carbons (Fsp3) is 0.400. The summed E-state index contributed by atoms with van der Waals surface area (Å²) < 4.78 is 69.9. The van der Waals surface area contributed by atoms with Gasteiger partial charge in [-0.1, -0.05) is 0 Å². The second-order valence-electron chi connectivity index (χ2n) is 3.44. The third-order valence-corrected chi connectivity index (χ3v) is 2.09. The Bertz CT molecular complexity index is 503. The lowest BCUT2D eigenvalue weighted by molar-refractivity contribution is -0.275. The fourth-order valence-corrected chi connectivity index (χ4v) is 1.46. The van der Waals surface area contributed by atoms with E-state index in [-0.39, 0.29) is 0 Å². The molecule has 0 aromatic carbocycles. The number of aromatic nitrogens is 1. The average Bonchev–Trinajstić information content (AvgIpc) is 2.25. The normalized spacial score (nSPS) is 11.6. The van der Waals surface area contributed by atoms with Crippen molar-refractivity contribution in [1.82, 2.24) is 4.98 Å². The molecule has 0 saturated carbocycles. The number of ether oxygens (including phenoxy) is 2. The zero-order valence-corrected chi connectivity index (χ0v) is 9.87. The molecule has 0 aliphatic heterocycles. The molecule has 1 N–H and O–H groups in total. The van der Waals surface area contributed by atoms with Crippen molar-refractivity contribution in [3.05, 3.63) is 17.5 Å². The van der Waals surface area contributed by atoms with Crippen LogP contribution in [-0.4, -0.2) is 29.5 Å². The fourth-order valence-electron chi connectivity index (χ4n) is 1.46. The topological polar surface area (TPSA) is 68.7 Å². The largest absolute Gasteiger partial charge is 0.573 e. The minimum absolute atomic E-state index is 0.402. The number of carboxylic acids is 1. The van der Waals surface area contributed by atoms with Crippen molar-refractivity contribution in [3.8, 4) is 11.5 Å². The highest BCUT2D eigenvalue weighted by Gasteiger charge is 2.34. The summed E-state index contributed by atoms with van der Waals surface area (Å²) in [5.74, 6) is -3.26. The van der Waals surface area contributed by atoms with Gasteiger partial charge >= 0.3 is 12.3 Å². The van der Waals surface area contributed by atoms with Gasteiger partial charge in [-0.15, -0.1) is 13.2 Å². The Morgan fingerprint density at radius 1 is 1.45 bits per heavy atom. The highest BCUT2D eigenvalue weighted by molar-refractivity contribution is 5.72. The third kappa shape index (κ3) is 3.93. The first kappa shape index (κ1) is 15.9. The van der Waals surface area contributed by atoms with Crippen LogP contribution in [0.15, 0.2) is 6.20 Å². The van der Waals surface area contributed by atoms with Crippen LogP contribution >= 0.6 is 0 Å². The van der Waals surface area contributed by atoms with Crippen LogP contribution in [0.5, 0.6) is 11.5 Å². The molecule has 5 nitrogen and oxygen atoms in total. The summed E-state index contributed by atoms with van der Waals surface area (Å²) in [6.45, 7) is 0. The molecule has 0 radical (unpaired) electrons. The van der Waals surface area contributed by atoms with Gasteiger partial charge in [0.25, 0.3) is 6.43 Å². The molecule has 0 spiro atoms. The minimum atomic E-state index is -5.10. The van der Waals surface area contributed by atoms with Gasteiger partial charge in [-0.2, -0.15) is 0 Å². The molecule has 0 fully saturated rings. The Hall–Kier alpha value is -2.13. The Labute approximate surface area is 108 Å². The Balaban J connectivity index is 3.39. The molecule has 0 saturated heterocycles. The number of rotatable bonds is 5. The van der Waals surface area contributed by atoms with Gasteiger partial charge in [0.1, 0.15) is 5.69 Å². The number of halogens is 5. The maximum absolute atomic E-state index is 12.7. The molecule has 10 heteroatoms. The van der Waals surface area contributed by atoms with E-state index >= 15 is 0 Å². The second-order valence-corrected chi connectivity index (χ2v) is 3.44. The van der Waals surface area contributed by atoms with Crippen molar-refractivity contribution < 1.29 is 41.3 Å². The van der Waals surface area contributed by atoms with E-state index in [1.165, 1.54) is 0 Å². The number of nitrogens with zero attached hydrogens (tertiary/aromatic N) is 1. The Morgan fingerprint density at radius 3 is 2.45 bits per heavy atom. The maximum Gasteiger partial charge on any atom is 0.573 e. The molecule has 0 amide bonds. The van der Waals surface area contributed by atoms with Crippen LogP contribution in [0.25, 0.3) is 0 Å². The van der Waals surface area contributed by atoms with Gasteiger partial charge in [0.2, 0.25) is 0 Å². The van der Waals surface area contributed by atoms with Gasteiger partial charge in [-0.05, 0) is 0 Å². The van der Waals surface area contributed by atoms with E-state index < -0.39 is 47.9 Å². The SMILES string of the molecule is COc1c(OC(F)(F)F)cnc(C(F)F)c1CC(=O)O. The van der Waals surface area contributed by atoms with Gasteiger partial charge in [0.15, 0.2) is 11.5 Å². The van der Waals surface area contributed by atoms with Gasteiger partial charge in [-0.25, -0.2) is 8.78 Å². The van der Waals surface area contributed by atoms with Crippen LogP contribution in [0, 0.1) is 0 Å². The molecule has 0 aliphatic carbocycles. The summed E-state index contributed by atoms with van der Waals surface area (Å²) >= 11 is 0. The Morgan fingerprint density at radius 2 is 2.05 bits per heavy atom. The number of pyridine rings is 1. The van der Waals surface area contributed by atoms with Gasteiger partial charge in [0, 0.05) is 5.56 Å². The highest BCUT2D eigenvalue weighted by Crippen LogP contribution is 2.38. The van der Waals surface area contributed by atoms with Gasteiger partial charge < -0.3 is 14.6 Å². The third-order valence-electron chi connectivity index (χ3n) is 2.09. The predicted molar refractivity (Wildman–Crippen MR) is 53.8 cm³/mol. The molecule has 1 heterocycles. The number of hydrogen-bond acceptors (Lipinski definition) is 4. The summed E-state index contributed by atoms with van der Waals surface area (Å²) in [5, 5.41) is 8.63. The molecule has 1 aromatic heterocycles. The second kappa shape index (κ2) is 5.88. The first-order valence-electron chi connectivity index (χ1n) is 4.97. The molecular weight excluding hydrogens is 293 g/mol. The summed E-state index contributed by atoms with van der Waals surface area (Å²) in [6.07, 6.45) is -8.84. The molecule has 1 rings (SSSR count). The van der Waals surface area contributed by atoms with Crippen LogP contribution in [0.3, 0.4) is 0 Å². The summed E-state index contributed by atoms with van der Waals surface area (Å²) in [7, 11) is 0.902. The quantitative estimate of drug-likeness (QED) is 0.846. The van der Waals surface area contributed by atoms with E-state index in [1.807, 2.05) is 0 Å². The summed E-state index contributed by atoms with van der Waals surface area (Å²) in [4.78, 5) is 13.7. The van der Waals surface area contributed by atoms with Crippen LogP contribution < -0.4 is 9.47 Å². The maximum atomic E-state index is 12.7. The molecule has 112 valence electrons. The molecule has 1 aromatic rings. The van der Waals surface area contributed by atoms with Crippen molar-refractivity contribution in [2.45, 2.75) is 19.2 Å². The van der Waals surface area contributed by atoms with Crippen LogP contribution in [0.1, 0.15) is 17.7 Å². The first-order chi connectivity index (χ1) is 9.15. The van der Waals surface area contributed by atoms with E-state index in [0.29, 0.717) is 6.20 Å². The number of aliphatic carboxylic acids is 1. The van der Waals surface area contributed by atoms with Gasteiger partial charge in [-0.3, -0.25) is 9.78 Å². The lowest BCUT2D eigenvalue weighted by Crippen LogP contribution is -2.19. The number of alkyl halides is 5. The molecule has 0 aliphatic rings. The molecular formula is C10H8F5NO4. The van der Waals surface area contributed by atoms with Crippen molar-refractivity contribution in [1.29, 1.82) is 0 Å². The first-order valence-corrected chi connectivity index (χ1v) is 4.97. The number of carbonyl (C=O) groups is 1. The lowest BCUT2D eigenvalue weighted by Gasteiger charge is -2.16. The summed E-state index contributed by atoms with van der Waals surface area (Å²) in [5.41, 5.74) is -1.64. The zero-order valence-electron chi connectivity index (χ0n) is 9.87. The molecule has 20 heavy (non-hydrogen) atoms. The number of methoxy groups -OCH3 is 1. The standard InChI is InChI=1S/C10H8F5NO4/c1-19-8-4(2-6(17)18)7(9(11)12)16-3-5(8)20-10(13,14)15/h3,9H,2H2,1H3,(H,17,18). The van der Waals surface area contributed by atoms with E-state index in [2.05, 4.69) is 14.5 Å². The molecule has 0 bridgehead atoms. The van der Waals surface area contributed by atoms with Crippen LogP contribution in [0.2, 0.25) is 0 Å². The van der Waals surface area contributed by atoms with Crippen molar-refractivity contribution in [2.75, 3.05) is 7.11 Å². The lowest BCUT2D eigenvalue weighted by atomic mass is 10.1. The number of hydrogen-bond donors (Lipinski definition) is 1. The number of carboxylic acid groups (broad SMARTS) is 1. The van der Waals surface area contributed by atoms with Gasteiger partial charge in [0.05, 0.1) is 19.7 Å². The summed E-state index contributed by atoms with van der Waals surface area (Å²) in [6, 6.07) is 0. The van der Waals surface area contributed by atoms with E-state index in [9.17, 15) is 26.7 Å². The monoisotopic (exact) mass is 301 g/mol. The zero-order chi connectivity index (χ0) is 15.5. The van der Waals surface area contributed by atoms with Crippen molar-refractivity contribution in [2.24, 2.45) is 0 Å². The predicted octanol–water partition coefficient (Wildman–Crippen LogP) is 2.55. The average molecular weight is 301 g/mol. The van der Waals surface area contributed by atoms with E-state index in [1.54, 1.807) is 0 Å². The van der Waals surface area contributed by atoms with Crippen molar-refractivity contribution >= 4 is 5.97 Å². The van der Waals surface area contributed by atoms with Crippen molar-refractivity contribution in [3.63, 3.8) is 0 Å². The van der Waals surface area contributed by atoms with E-state index in [0.717, 1.165) is 7.11 Å². The molecule has 0 atom stereocenters. The van der Waals surface area contributed by atoms with Crippen LogP contribution in [0.4, 0.5) is 22.0 Å². The highest BCUT2D eigenvalue weighted by atomic mass is 19.4. The molecule has 0 unspecified atom stereocenters. The minimum Gasteiger partial charge on any atom is -0.492 e.